The molecule has 0 aromatic carbocycles. The molecule has 1 aliphatic carbocycles. The van der Waals surface area contributed by atoms with E-state index in [2.05, 4.69) is 28.9 Å². The van der Waals surface area contributed by atoms with Gasteiger partial charge in [0.2, 0.25) is 0 Å². The average Bonchev–Trinajstić information content (AvgIpc) is 2.68. The third-order valence-corrected chi connectivity index (χ3v) is 3.39. The second-order valence-corrected chi connectivity index (χ2v) is 6.74. The number of amides is 1. The molecule has 0 radical (unpaired) electrons. The minimum Gasteiger partial charge on any atom is -0.444 e. The molecule has 5 heteroatoms. The van der Waals surface area contributed by atoms with Crippen molar-refractivity contribution in [3.63, 3.8) is 0 Å². The van der Waals surface area contributed by atoms with Gasteiger partial charge >= 0.3 is 6.09 Å². The Hall–Kier alpha value is -1.52. The van der Waals surface area contributed by atoms with Crippen LogP contribution in [0, 0.1) is 0 Å². The van der Waals surface area contributed by atoms with Gasteiger partial charge in [-0.2, -0.15) is 5.10 Å². The SMILES string of the molecule is CC(C)n1ncc2c1CC[C@H](NC(=O)OC(C)(C)C)C2. The fourth-order valence-corrected chi connectivity index (χ4v) is 2.59. The summed E-state index contributed by atoms with van der Waals surface area (Å²) in [6, 6.07) is 0.524. The van der Waals surface area contributed by atoms with Gasteiger partial charge in [0, 0.05) is 17.8 Å². The van der Waals surface area contributed by atoms with Crippen molar-refractivity contribution in [3.8, 4) is 0 Å². The van der Waals surface area contributed by atoms with Crippen LogP contribution < -0.4 is 5.32 Å². The molecule has 0 unspecified atom stereocenters. The quantitative estimate of drug-likeness (QED) is 0.905. The maximum atomic E-state index is 11.8. The second-order valence-electron chi connectivity index (χ2n) is 6.74. The van der Waals surface area contributed by atoms with E-state index in [1.807, 2.05) is 27.0 Å². The summed E-state index contributed by atoms with van der Waals surface area (Å²) >= 11 is 0. The van der Waals surface area contributed by atoms with Gasteiger partial charge in [0.05, 0.1) is 6.20 Å². The van der Waals surface area contributed by atoms with Crippen LogP contribution in [0.4, 0.5) is 4.79 Å². The minimum absolute atomic E-state index is 0.141. The number of alkyl carbamates (subject to hydrolysis) is 1. The molecule has 1 aliphatic rings. The lowest BCUT2D eigenvalue weighted by Crippen LogP contribution is -2.42. The Labute approximate surface area is 120 Å². The van der Waals surface area contributed by atoms with Gasteiger partial charge < -0.3 is 10.1 Å². The number of ether oxygens (including phenoxy) is 1. The Kier molecular flexibility index (Phi) is 4.06. The monoisotopic (exact) mass is 279 g/mol. The first-order valence-electron chi connectivity index (χ1n) is 7.31. The highest BCUT2D eigenvalue weighted by Gasteiger charge is 2.26. The fourth-order valence-electron chi connectivity index (χ4n) is 2.59. The molecule has 112 valence electrons. The van der Waals surface area contributed by atoms with Gasteiger partial charge in [-0.1, -0.05) is 0 Å². The molecule has 1 aromatic rings. The van der Waals surface area contributed by atoms with Crippen LogP contribution in [0.1, 0.15) is 58.3 Å². The molecule has 1 aromatic heterocycles. The van der Waals surface area contributed by atoms with Gasteiger partial charge in [-0.25, -0.2) is 4.79 Å². The first-order valence-corrected chi connectivity index (χ1v) is 7.31. The summed E-state index contributed by atoms with van der Waals surface area (Å²) in [6.07, 6.45) is 4.32. The van der Waals surface area contributed by atoms with E-state index >= 15 is 0 Å². The lowest BCUT2D eigenvalue weighted by molar-refractivity contribution is 0.0500. The Balaban J connectivity index is 1.97. The van der Waals surface area contributed by atoms with Gasteiger partial charge in [0.15, 0.2) is 0 Å². The number of hydrogen-bond donors (Lipinski definition) is 1. The lowest BCUT2D eigenvalue weighted by atomic mass is 9.93. The zero-order chi connectivity index (χ0) is 14.9. The summed E-state index contributed by atoms with van der Waals surface area (Å²) in [4.78, 5) is 11.8. The van der Waals surface area contributed by atoms with Crippen molar-refractivity contribution in [2.24, 2.45) is 0 Å². The van der Waals surface area contributed by atoms with Crippen LogP contribution in [0.3, 0.4) is 0 Å². The third-order valence-electron chi connectivity index (χ3n) is 3.39. The van der Waals surface area contributed by atoms with Crippen molar-refractivity contribution in [2.75, 3.05) is 0 Å². The summed E-state index contributed by atoms with van der Waals surface area (Å²) in [5.41, 5.74) is 2.10. The van der Waals surface area contributed by atoms with Crippen LogP contribution in [0.15, 0.2) is 6.20 Å². The molecule has 1 N–H and O–H groups in total. The zero-order valence-corrected chi connectivity index (χ0v) is 13.1. The molecule has 0 bridgehead atoms. The molecular formula is C15H25N3O2. The Morgan fingerprint density at radius 3 is 2.80 bits per heavy atom. The summed E-state index contributed by atoms with van der Waals surface area (Å²) < 4.78 is 7.38. The molecule has 0 aliphatic heterocycles. The fraction of sp³-hybridized carbons (Fsp3) is 0.733. The first-order chi connectivity index (χ1) is 9.26. The molecule has 5 nitrogen and oxygen atoms in total. The normalized spacial score (nSPS) is 18.8. The van der Waals surface area contributed by atoms with E-state index in [1.165, 1.54) is 11.3 Å². The standard InChI is InChI=1S/C15H25N3O2/c1-10(2)18-13-7-6-12(8-11(13)9-16-18)17-14(19)20-15(3,4)5/h9-10,12H,6-8H2,1-5H3,(H,17,19)/t12-/m0/s1. The highest BCUT2D eigenvalue weighted by atomic mass is 16.6. The number of fused-ring (bicyclic) bond motifs is 1. The van der Waals surface area contributed by atoms with Crippen LogP contribution in [0.5, 0.6) is 0 Å². The Morgan fingerprint density at radius 2 is 2.20 bits per heavy atom. The third kappa shape index (κ3) is 3.52. The summed E-state index contributed by atoms with van der Waals surface area (Å²) in [5, 5.41) is 7.40. The minimum atomic E-state index is -0.452. The molecular weight excluding hydrogens is 254 g/mol. The van der Waals surface area contributed by atoms with Crippen LogP contribution in [0.2, 0.25) is 0 Å². The van der Waals surface area contributed by atoms with Gasteiger partial charge in [0.25, 0.3) is 0 Å². The number of nitrogens with one attached hydrogen (secondary N) is 1. The van der Waals surface area contributed by atoms with Crippen molar-refractivity contribution in [3.05, 3.63) is 17.5 Å². The highest BCUT2D eigenvalue weighted by molar-refractivity contribution is 5.68. The smallest absolute Gasteiger partial charge is 0.407 e. The van der Waals surface area contributed by atoms with E-state index in [-0.39, 0.29) is 12.1 Å². The predicted molar refractivity (Wildman–Crippen MR) is 77.8 cm³/mol. The zero-order valence-electron chi connectivity index (χ0n) is 13.1. The molecule has 0 spiro atoms. The topological polar surface area (TPSA) is 56.2 Å². The summed E-state index contributed by atoms with van der Waals surface area (Å²) in [7, 11) is 0. The van der Waals surface area contributed by atoms with E-state index in [0.717, 1.165) is 19.3 Å². The number of rotatable bonds is 2. The number of carbonyl (C=O) groups excluding carboxylic acids is 1. The predicted octanol–water partition coefficient (Wildman–Crippen LogP) is 2.85. The Morgan fingerprint density at radius 1 is 1.50 bits per heavy atom. The molecule has 1 amide bonds. The molecule has 0 saturated carbocycles. The lowest BCUT2D eigenvalue weighted by Gasteiger charge is -2.26. The van der Waals surface area contributed by atoms with Crippen molar-refractivity contribution in [1.82, 2.24) is 15.1 Å². The van der Waals surface area contributed by atoms with E-state index < -0.39 is 5.60 Å². The van der Waals surface area contributed by atoms with E-state index in [9.17, 15) is 4.79 Å². The number of carbonyl (C=O) groups is 1. The van der Waals surface area contributed by atoms with Crippen molar-refractivity contribution in [1.29, 1.82) is 0 Å². The van der Waals surface area contributed by atoms with Gasteiger partial charge in [-0.15, -0.1) is 0 Å². The van der Waals surface area contributed by atoms with Crippen LogP contribution >= 0.6 is 0 Å². The molecule has 0 fully saturated rings. The largest absolute Gasteiger partial charge is 0.444 e. The van der Waals surface area contributed by atoms with Gasteiger partial charge in [0.1, 0.15) is 5.60 Å². The van der Waals surface area contributed by atoms with Crippen LogP contribution in [-0.2, 0) is 17.6 Å². The molecule has 1 heterocycles. The highest BCUT2D eigenvalue weighted by Crippen LogP contribution is 2.23. The number of nitrogens with zero attached hydrogens (tertiary/aromatic N) is 2. The maximum absolute atomic E-state index is 11.8. The van der Waals surface area contributed by atoms with Crippen LogP contribution in [0.25, 0.3) is 0 Å². The summed E-state index contributed by atoms with van der Waals surface area (Å²) in [5.74, 6) is 0. The van der Waals surface area contributed by atoms with E-state index in [0.29, 0.717) is 6.04 Å². The van der Waals surface area contributed by atoms with Crippen molar-refractivity contribution >= 4 is 6.09 Å². The summed E-state index contributed by atoms with van der Waals surface area (Å²) in [6.45, 7) is 9.89. The number of hydrogen-bond acceptors (Lipinski definition) is 3. The molecule has 1 atom stereocenters. The molecule has 2 rings (SSSR count). The maximum Gasteiger partial charge on any atom is 0.407 e. The second kappa shape index (κ2) is 5.46. The molecule has 20 heavy (non-hydrogen) atoms. The molecule has 0 saturated heterocycles. The van der Waals surface area contributed by atoms with E-state index in [1.54, 1.807) is 0 Å². The van der Waals surface area contributed by atoms with Crippen molar-refractivity contribution < 1.29 is 9.53 Å². The first kappa shape index (κ1) is 14.9. The van der Waals surface area contributed by atoms with Crippen molar-refractivity contribution in [2.45, 2.75) is 71.6 Å². The van der Waals surface area contributed by atoms with E-state index in [4.69, 9.17) is 4.74 Å². The van der Waals surface area contributed by atoms with Gasteiger partial charge in [-0.3, -0.25) is 4.68 Å². The van der Waals surface area contributed by atoms with Gasteiger partial charge in [-0.05, 0) is 59.4 Å². The number of aromatic nitrogens is 2. The van der Waals surface area contributed by atoms with Crippen LogP contribution in [-0.4, -0.2) is 27.5 Å². The average molecular weight is 279 g/mol. The Bertz CT molecular complexity index is 486.